The van der Waals surface area contributed by atoms with Crippen LogP contribution in [0.15, 0.2) is 36.7 Å². The first-order chi connectivity index (χ1) is 7.74. The molecule has 0 saturated carbocycles. The van der Waals surface area contributed by atoms with Crippen LogP contribution in [0.25, 0.3) is 11.3 Å². The van der Waals surface area contributed by atoms with Crippen molar-refractivity contribution in [2.24, 2.45) is 0 Å². The van der Waals surface area contributed by atoms with Gasteiger partial charge in [0.25, 0.3) is 0 Å². The van der Waals surface area contributed by atoms with E-state index in [9.17, 15) is 4.79 Å². The molecule has 0 unspecified atom stereocenters. The zero-order valence-electron chi connectivity index (χ0n) is 8.75. The lowest BCUT2D eigenvalue weighted by atomic mass is 10.1. The number of nitrogen functional groups attached to an aromatic ring is 1. The summed E-state index contributed by atoms with van der Waals surface area (Å²) in [4.78, 5) is 15.4. The number of methoxy groups -OCH3 is 1. The molecule has 2 N–H and O–H groups in total. The van der Waals surface area contributed by atoms with Gasteiger partial charge in [0.05, 0.1) is 7.11 Å². The van der Waals surface area contributed by atoms with E-state index in [2.05, 4.69) is 9.72 Å². The van der Waals surface area contributed by atoms with Crippen molar-refractivity contribution in [3.63, 3.8) is 0 Å². The Bertz CT molecular complexity index is 505. The first kappa shape index (κ1) is 10.2. The number of imidazole rings is 1. The standard InChI is InChI=1S/C11H11N3O2/c1-16-11(15)9-10(14(12)7-13-9)8-5-3-2-4-6-8/h2-7H,12H2,1H3. The van der Waals surface area contributed by atoms with Crippen molar-refractivity contribution in [2.75, 3.05) is 13.0 Å². The average molecular weight is 217 g/mol. The molecule has 2 aromatic rings. The first-order valence-electron chi connectivity index (χ1n) is 4.70. The van der Waals surface area contributed by atoms with Crippen molar-refractivity contribution in [1.82, 2.24) is 9.66 Å². The Morgan fingerprint density at radius 3 is 2.69 bits per heavy atom. The van der Waals surface area contributed by atoms with Crippen LogP contribution in [0.1, 0.15) is 10.5 Å². The minimum Gasteiger partial charge on any atom is -0.464 e. The van der Waals surface area contributed by atoms with Crippen molar-refractivity contribution in [3.05, 3.63) is 42.4 Å². The number of ether oxygens (including phenoxy) is 1. The number of aromatic nitrogens is 2. The van der Waals surface area contributed by atoms with E-state index in [1.807, 2.05) is 30.3 Å². The van der Waals surface area contributed by atoms with Gasteiger partial charge in [-0.05, 0) is 0 Å². The molecule has 5 heteroatoms. The number of hydrogen-bond acceptors (Lipinski definition) is 4. The fourth-order valence-corrected chi connectivity index (χ4v) is 1.49. The number of nitrogens with two attached hydrogens (primary N) is 1. The average Bonchev–Trinajstić information content (AvgIpc) is 2.71. The maximum atomic E-state index is 11.5. The lowest BCUT2D eigenvalue weighted by Gasteiger charge is -2.04. The molecule has 0 aliphatic heterocycles. The summed E-state index contributed by atoms with van der Waals surface area (Å²) in [5, 5.41) is 0. The lowest BCUT2D eigenvalue weighted by molar-refractivity contribution is 0.0595. The third-order valence-corrected chi connectivity index (χ3v) is 2.22. The summed E-state index contributed by atoms with van der Waals surface area (Å²) >= 11 is 0. The highest BCUT2D eigenvalue weighted by Gasteiger charge is 2.18. The van der Waals surface area contributed by atoms with Gasteiger partial charge >= 0.3 is 5.97 Å². The van der Waals surface area contributed by atoms with Gasteiger partial charge in [0.1, 0.15) is 12.0 Å². The summed E-state index contributed by atoms with van der Waals surface area (Å²) in [7, 11) is 1.31. The zero-order chi connectivity index (χ0) is 11.5. The number of esters is 1. The number of carbonyl (C=O) groups excluding carboxylic acids is 1. The molecule has 2 rings (SSSR count). The zero-order valence-corrected chi connectivity index (χ0v) is 8.75. The Morgan fingerprint density at radius 2 is 2.06 bits per heavy atom. The van der Waals surface area contributed by atoms with Crippen LogP contribution in [0, 0.1) is 0 Å². The van der Waals surface area contributed by atoms with E-state index >= 15 is 0 Å². The second kappa shape index (κ2) is 4.06. The van der Waals surface area contributed by atoms with Gasteiger partial charge in [-0.2, -0.15) is 0 Å². The van der Waals surface area contributed by atoms with Gasteiger partial charge in [0, 0.05) is 5.56 Å². The van der Waals surface area contributed by atoms with Crippen LogP contribution in [0.3, 0.4) is 0 Å². The normalized spacial score (nSPS) is 10.1. The Labute approximate surface area is 92.4 Å². The molecule has 1 aromatic carbocycles. The van der Waals surface area contributed by atoms with Gasteiger partial charge in [-0.15, -0.1) is 0 Å². The van der Waals surface area contributed by atoms with Gasteiger partial charge in [0.2, 0.25) is 0 Å². The van der Waals surface area contributed by atoms with Crippen molar-refractivity contribution in [2.45, 2.75) is 0 Å². The minimum absolute atomic E-state index is 0.219. The van der Waals surface area contributed by atoms with Gasteiger partial charge < -0.3 is 10.6 Å². The third-order valence-electron chi connectivity index (χ3n) is 2.22. The minimum atomic E-state index is -0.497. The number of nitrogens with zero attached hydrogens (tertiary/aromatic N) is 2. The van der Waals surface area contributed by atoms with Gasteiger partial charge in [-0.1, -0.05) is 30.3 Å². The molecule has 0 fully saturated rings. The fourth-order valence-electron chi connectivity index (χ4n) is 1.49. The molecule has 0 radical (unpaired) electrons. The number of rotatable bonds is 2. The molecule has 0 bridgehead atoms. The molecule has 0 atom stereocenters. The van der Waals surface area contributed by atoms with E-state index in [4.69, 9.17) is 5.84 Å². The summed E-state index contributed by atoms with van der Waals surface area (Å²) in [6, 6.07) is 9.32. The van der Waals surface area contributed by atoms with Crippen molar-refractivity contribution in [3.8, 4) is 11.3 Å². The van der Waals surface area contributed by atoms with Crippen LogP contribution in [0.4, 0.5) is 0 Å². The van der Waals surface area contributed by atoms with Crippen LogP contribution in [0.5, 0.6) is 0 Å². The smallest absolute Gasteiger partial charge is 0.359 e. The molecule has 1 heterocycles. The van der Waals surface area contributed by atoms with Crippen LogP contribution >= 0.6 is 0 Å². The summed E-state index contributed by atoms with van der Waals surface area (Å²) in [5.74, 6) is 5.22. The maximum Gasteiger partial charge on any atom is 0.359 e. The Hall–Kier alpha value is -2.30. The van der Waals surface area contributed by atoms with Gasteiger partial charge in [-0.25, -0.2) is 14.5 Å². The highest BCUT2D eigenvalue weighted by atomic mass is 16.5. The molecule has 0 aliphatic carbocycles. The predicted molar refractivity (Wildman–Crippen MR) is 59.2 cm³/mol. The largest absolute Gasteiger partial charge is 0.464 e. The molecule has 82 valence electrons. The van der Waals surface area contributed by atoms with E-state index in [0.29, 0.717) is 5.69 Å². The number of carbonyl (C=O) groups is 1. The highest BCUT2D eigenvalue weighted by molar-refractivity contribution is 5.94. The monoisotopic (exact) mass is 217 g/mol. The molecule has 0 amide bonds. The van der Waals surface area contributed by atoms with Crippen LogP contribution < -0.4 is 5.84 Å². The Balaban J connectivity index is 2.56. The van der Waals surface area contributed by atoms with E-state index in [-0.39, 0.29) is 5.69 Å². The van der Waals surface area contributed by atoms with E-state index in [1.165, 1.54) is 18.1 Å². The molecule has 16 heavy (non-hydrogen) atoms. The summed E-state index contributed by atoms with van der Waals surface area (Å²) in [5.41, 5.74) is 1.59. The molecule has 0 aliphatic rings. The molecule has 0 spiro atoms. The van der Waals surface area contributed by atoms with Gasteiger partial charge in [0.15, 0.2) is 5.69 Å². The Kier molecular flexibility index (Phi) is 2.59. The second-order valence-corrected chi connectivity index (χ2v) is 3.21. The molecule has 0 saturated heterocycles. The number of hydrogen-bond donors (Lipinski definition) is 1. The molecule has 1 aromatic heterocycles. The second-order valence-electron chi connectivity index (χ2n) is 3.21. The topological polar surface area (TPSA) is 70.1 Å². The fraction of sp³-hybridized carbons (Fsp3) is 0.0909. The van der Waals surface area contributed by atoms with Crippen LogP contribution in [-0.4, -0.2) is 22.7 Å². The summed E-state index contributed by atoms with van der Waals surface area (Å²) in [6.07, 6.45) is 1.38. The summed E-state index contributed by atoms with van der Waals surface area (Å²) < 4.78 is 5.95. The van der Waals surface area contributed by atoms with Crippen molar-refractivity contribution < 1.29 is 9.53 Å². The van der Waals surface area contributed by atoms with Gasteiger partial charge in [-0.3, -0.25) is 0 Å². The highest BCUT2D eigenvalue weighted by Crippen LogP contribution is 2.21. The summed E-state index contributed by atoms with van der Waals surface area (Å²) in [6.45, 7) is 0. The Morgan fingerprint density at radius 1 is 1.38 bits per heavy atom. The maximum absolute atomic E-state index is 11.5. The van der Waals surface area contributed by atoms with Crippen molar-refractivity contribution >= 4 is 5.97 Å². The quantitative estimate of drug-likeness (QED) is 0.603. The van der Waals surface area contributed by atoms with E-state index in [0.717, 1.165) is 5.56 Å². The molecular formula is C11H11N3O2. The molecular weight excluding hydrogens is 206 g/mol. The van der Waals surface area contributed by atoms with E-state index in [1.54, 1.807) is 0 Å². The first-order valence-corrected chi connectivity index (χ1v) is 4.70. The van der Waals surface area contributed by atoms with Crippen molar-refractivity contribution in [1.29, 1.82) is 0 Å². The predicted octanol–water partition coefficient (Wildman–Crippen LogP) is 1.05. The van der Waals surface area contributed by atoms with Crippen LogP contribution in [0.2, 0.25) is 0 Å². The molecule has 5 nitrogen and oxygen atoms in total. The third kappa shape index (κ3) is 1.63. The van der Waals surface area contributed by atoms with E-state index < -0.39 is 5.97 Å². The number of benzene rings is 1. The SMILES string of the molecule is COC(=O)c1ncn(N)c1-c1ccccc1. The van der Waals surface area contributed by atoms with Crippen LogP contribution in [-0.2, 0) is 4.74 Å². The lowest BCUT2D eigenvalue weighted by Crippen LogP contribution is -2.11.